The normalized spacial score (nSPS) is 44.0. The number of rotatable bonds is 1. The number of nitrogens with zero attached hydrogens (tertiary/aromatic N) is 1. The van der Waals surface area contributed by atoms with Crippen molar-refractivity contribution in [2.75, 3.05) is 19.3 Å². The minimum Gasteiger partial charge on any atom is -0.362 e. The molecule has 0 spiro atoms. The molecule has 0 aromatic rings. The van der Waals surface area contributed by atoms with Crippen LogP contribution in [0.4, 0.5) is 0 Å². The molecule has 2 nitrogen and oxygen atoms in total. The summed E-state index contributed by atoms with van der Waals surface area (Å²) in [4.78, 5) is 2.45. The number of hydrogen-bond acceptors (Lipinski definition) is 3. The van der Waals surface area contributed by atoms with E-state index < -0.39 is 0 Å². The maximum Gasteiger partial charge on any atom is 0.100 e. The molecule has 2 rings (SSSR count). The molecule has 0 amide bonds. The summed E-state index contributed by atoms with van der Waals surface area (Å²) in [6, 6.07) is 0.697. The lowest BCUT2D eigenvalue weighted by atomic mass is 10.1. The van der Waals surface area contributed by atoms with E-state index in [4.69, 9.17) is 4.74 Å². The lowest BCUT2D eigenvalue weighted by Crippen LogP contribution is -2.37. The van der Waals surface area contributed by atoms with Crippen molar-refractivity contribution < 1.29 is 4.74 Å². The Labute approximate surface area is 78.6 Å². The second-order valence-corrected chi connectivity index (χ2v) is 5.10. The predicted octanol–water partition coefficient (Wildman–Crippen LogP) is 1.56. The average Bonchev–Trinajstić information content (AvgIpc) is 2.58. The standard InChI is InChI=1S/C9H17NOS/c1-7-11-9(6-12-7)8-4-3-5-10(8)2/h7-9H,3-6H2,1-2H3/t7-,8+,9+/m0/s1. The summed E-state index contributed by atoms with van der Waals surface area (Å²) in [7, 11) is 2.22. The van der Waals surface area contributed by atoms with Crippen molar-refractivity contribution in [3.63, 3.8) is 0 Å². The van der Waals surface area contributed by atoms with Gasteiger partial charge in [0.1, 0.15) is 5.44 Å². The van der Waals surface area contributed by atoms with Crippen LogP contribution in [0.1, 0.15) is 19.8 Å². The van der Waals surface area contributed by atoms with Crippen LogP contribution >= 0.6 is 11.8 Å². The third-order valence-electron chi connectivity index (χ3n) is 2.87. The topological polar surface area (TPSA) is 12.5 Å². The summed E-state index contributed by atoms with van der Waals surface area (Å²) in [5.41, 5.74) is 0.420. The molecule has 0 saturated carbocycles. The first-order chi connectivity index (χ1) is 5.77. The number of ether oxygens (including phenoxy) is 1. The summed E-state index contributed by atoms with van der Waals surface area (Å²) in [6.07, 6.45) is 3.17. The molecule has 70 valence electrons. The van der Waals surface area contributed by atoms with Crippen molar-refractivity contribution in [2.45, 2.75) is 37.3 Å². The van der Waals surface area contributed by atoms with E-state index in [1.807, 2.05) is 11.8 Å². The van der Waals surface area contributed by atoms with Crippen molar-refractivity contribution in [1.29, 1.82) is 0 Å². The van der Waals surface area contributed by atoms with Crippen LogP contribution in [0.15, 0.2) is 0 Å². The zero-order valence-electron chi connectivity index (χ0n) is 7.82. The van der Waals surface area contributed by atoms with Crippen molar-refractivity contribution >= 4 is 11.8 Å². The van der Waals surface area contributed by atoms with Crippen LogP contribution in [0, 0.1) is 0 Å². The zero-order chi connectivity index (χ0) is 8.55. The fourth-order valence-electron chi connectivity index (χ4n) is 2.16. The van der Waals surface area contributed by atoms with E-state index in [0.29, 0.717) is 17.6 Å². The molecular weight excluding hydrogens is 170 g/mol. The van der Waals surface area contributed by atoms with Gasteiger partial charge in [0.15, 0.2) is 0 Å². The van der Waals surface area contributed by atoms with Crippen molar-refractivity contribution in [2.24, 2.45) is 0 Å². The summed E-state index contributed by atoms with van der Waals surface area (Å²) >= 11 is 1.95. The van der Waals surface area contributed by atoms with Crippen LogP contribution in [0.5, 0.6) is 0 Å². The lowest BCUT2D eigenvalue weighted by Gasteiger charge is -2.24. The molecule has 0 aromatic carbocycles. The largest absolute Gasteiger partial charge is 0.362 e. The molecule has 2 saturated heterocycles. The third-order valence-corrected chi connectivity index (χ3v) is 3.97. The van der Waals surface area contributed by atoms with Crippen molar-refractivity contribution in [1.82, 2.24) is 4.90 Å². The number of likely N-dealkylation sites (tertiary alicyclic amines) is 1. The van der Waals surface area contributed by atoms with Crippen LogP contribution in [0.2, 0.25) is 0 Å². The molecule has 2 aliphatic rings. The highest BCUT2D eigenvalue weighted by atomic mass is 32.2. The third kappa shape index (κ3) is 1.63. The van der Waals surface area contributed by atoms with Gasteiger partial charge in [-0.1, -0.05) is 0 Å². The maximum atomic E-state index is 5.84. The van der Waals surface area contributed by atoms with Gasteiger partial charge in [0.05, 0.1) is 6.10 Å². The van der Waals surface area contributed by atoms with E-state index in [-0.39, 0.29) is 0 Å². The Hall–Kier alpha value is 0.270. The van der Waals surface area contributed by atoms with Gasteiger partial charge in [-0.25, -0.2) is 0 Å². The smallest absolute Gasteiger partial charge is 0.100 e. The summed E-state index contributed by atoms with van der Waals surface area (Å²) in [6.45, 7) is 3.41. The lowest BCUT2D eigenvalue weighted by molar-refractivity contribution is 0.0255. The Bertz CT molecular complexity index is 165. The van der Waals surface area contributed by atoms with Gasteiger partial charge in [-0.3, -0.25) is 0 Å². The van der Waals surface area contributed by atoms with Gasteiger partial charge in [-0.15, -0.1) is 11.8 Å². The van der Waals surface area contributed by atoms with Gasteiger partial charge in [0.2, 0.25) is 0 Å². The van der Waals surface area contributed by atoms with Crippen LogP contribution < -0.4 is 0 Å². The average molecular weight is 187 g/mol. The molecule has 0 aliphatic carbocycles. The minimum atomic E-state index is 0.420. The van der Waals surface area contributed by atoms with Crippen molar-refractivity contribution in [3.8, 4) is 0 Å². The quantitative estimate of drug-likeness (QED) is 0.618. The first-order valence-electron chi connectivity index (χ1n) is 4.74. The Morgan fingerprint density at radius 1 is 1.50 bits per heavy atom. The second kappa shape index (κ2) is 3.56. The van der Waals surface area contributed by atoms with Crippen molar-refractivity contribution in [3.05, 3.63) is 0 Å². The summed E-state index contributed by atoms with van der Waals surface area (Å²) in [5, 5.41) is 0. The van der Waals surface area contributed by atoms with Gasteiger partial charge in [0.25, 0.3) is 0 Å². The Morgan fingerprint density at radius 3 is 2.83 bits per heavy atom. The highest BCUT2D eigenvalue weighted by Crippen LogP contribution is 2.31. The number of thioether (sulfide) groups is 1. The molecule has 0 unspecified atom stereocenters. The molecule has 2 fully saturated rings. The van der Waals surface area contributed by atoms with Crippen LogP contribution in [0.3, 0.4) is 0 Å². The van der Waals surface area contributed by atoms with Gasteiger partial charge >= 0.3 is 0 Å². The number of hydrogen-bond donors (Lipinski definition) is 0. The molecule has 2 aliphatic heterocycles. The summed E-state index contributed by atoms with van der Waals surface area (Å²) < 4.78 is 5.84. The molecule has 0 N–H and O–H groups in total. The first-order valence-corrected chi connectivity index (χ1v) is 5.79. The fraction of sp³-hybridized carbons (Fsp3) is 1.00. The minimum absolute atomic E-state index is 0.420. The molecule has 0 aromatic heterocycles. The second-order valence-electron chi connectivity index (χ2n) is 3.77. The van der Waals surface area contributed by atoms with Gasteiger partial charge in [0, 0.05) is 11.8 Å². The fourth-order valence-corrected chi connectivity index (χ4v) is 3.15. The Kier molecular flexibility index (Phi) is 2.63. The molecular formula is C9H17NOS. The van der Waals surface area contributed by atoms with E-state index in [9.17, 15) is 0 Å². The Morgan fingerprint density at radius 2 is 2.33 bits per heavy atom. The zero-order valence-corrected chi connectivity index (χ0v) is 8.64. The monoisotopic (exact) mass is 187 g/mol. The van der Waals surface area contributed by atoms with E-state index in [0.717, 1.165) is 0 Å². The molecule has 0 bridgehead atoms. The molecule has 3 atom stereocenters. The van der Waals surface area contributed by atoms with E-state index in [2.05, 4.69) is 18.9 Å². The van der Waals surface area contributed by atoms with Gasteiger partial charge < -0.3 is 9.64 Å². The highest BCUT2D eigenvalue weighted by Gasteiger charge is 2.34. The Balaban J connectivity index is 1.91. The summed E-state index contributed by atoms with van der Waals surface area (Å²) in [5.74, 6) is 1.19. The first kappa shape index (κ1) is 8.85. The highest BCUT2D eigenvalue weighted by molar-refractivity contribution is 7.99. The van der Waals surface area contributed by atoms with Gasteiger partial charge in [-0.05, 0) is 33.4 Å². The molecule has 12 heavy (non-hydrogen) atoms. The van der Waals surface area contributed by atoms with E-state index in [1.54, 1.807) is 0 Å². The van der Waals surface area contributed by atoms with Crippen LogP contribution in [-0.4, -0.2) is 41.8 Å². The maximum absolute atomic E-state index is 5.84. The number of likely N-dealkylation sites (N-methyl/N-ethyl adjacent to an activating group) is 1. The van der Waals surface area contributed by atoms with E-state index >= 15 is 0 Å². The van der Waals surface area contributed by atoms with E-state index in [1.165, 1.54) is 25.1 Å². The van der Waals surface area contributed by atoms with Gasteiger partial charge in [-0.2, -0.15) is 0 Å². The molecule has 2 heterocycles. The van der Waals surface area contributed by atoms with Crippen LogP contribution in [-0.2, 0) is 4.74 Å². The molecule has 0 radical (unpaired) electrons. The SMILES string of the molecule is C[C@H]1O[C@@H]([C@H]2CCCN2C)CS1. The molecule has 3 heteroatoms. The predicted molar refractivity (Wildman–Crippen MR) is 52.4 cm³/mol. The van der Waals surface area contributed by atoms with Crippen LogP contribution in [0.25, 0.3) is 0 Å².